The third-order valence-electron chi connectivity index (χ3n) is 4.62. The number of phenols is 2. The van der Waals surface area contributed by atoms with Gasteiger partial charge in [-0.1, -0.05) is 24.3 Å². The van der Waals surface area contributed by atoms with Gasteiger partial charge in [-0.05, 0) is 29.8 Å². The maximum absolute atomic E-state index is 12.7. The number of carbonyl (C=O) groups excluding carboxylic acids is 4. The summed E-state index contributed by atoms with van der Waals surface area (Å²) < 4.78 is 32.8. The van der Waals surface area contributed by atoms with E-state index in [4.69, 9.17) is 0 Å². The average Bonchev–Trinajstić information content (AvgIpc) is 2.74. The van der Waals surface area contributed by atoms with Gasteiger partial charge in [0.2, 0.25) is 5.91 Å². The molecule has 5 N–H and O–H groups in total. The summed E-state index contributed by atoms with van der Waals surface area (Å²) in [7, 11) is -5.01. The van der Waals surface area contributed by atoms with E-state index in [9.17, 15) is 42.4 Å². The summed E-state index contributed by atoms with van der Waals surface area (Å²) in [5, 5.41) is 25.6. The molecule has 0 spiro atoms. The van der Waals surface area contributed by atoms with Crippen LogP contribution in [0.15, 0.2) is 48.5 Å². The van der Waals surface area contributed by atoms with Crippen LogP contribution < -0.4 is 45.5 Å². The predicted molar refractivity (Wildman–Crippen MR) is 108 cm³/mol. The van der Waals surface area contributed by atoms with Gasteiger partial charge >= 0.3 is 35.6 Å². The van der Waals surface area contributed by atoms with Gasteiger partial charge < -0.3 is 25.4 Å². The molecular weight excluding hydrogens is 483 g/mol. The Morgan fingerprint density at radius 3 is 2.24 bits per heavy atom. The molecule has 2 atom stereocenters. The molecule has 1 aliphatic heterocycles. The molecule has 1 heterocycles. The van der Waals surface area contributed by atoms with Crippen LogP contribution in [0.25, 0.3) is 0 Å². The number of amides is 5. The Morgan fingerprint density at radius 2 is 1.68 bits per heavy atom. The number of hydrogen-bond donors (Lipinski definition) is 5. The van der Waals surface area contributed by atoms with E-state index in [0.717, 1.165) is 0 Å². The Balaban J connectivity index is 0.00000408. The fourth-order valence-electron chi connectivity index (χ4n) is 2.93. The van der Waals surface area contributed by atoms with Gasteiger partial charge in [-0.3, -0.25) is 19.7 Å². The van der Waals surface area contributed by atoms with Crippen molar-refractivity contribution >= 4 is 34.1 Å². The first-order chi connectivity index (χ1) is 15.5. The first-order valence-electron chi connectivity index (χ1n) is 9.24. The van der Waals surface area contributed by atoms with Gasteiger partial charge in [-0.2, -0.15) is 0 Å². The summed E-state index contributed by atoms with van der Waals surface area (Å²) in [5.74, 6) is -3.56. The standard InChI is InChI=1S/C19H18N4O9S.Na/c24-11-7-5-10(6-8-11)15(17(27)20-13-9-23(18(13)28)33(30,31)32)21-19(29)22-16(26)12-3-1-2-4-14(12)25;/h1-8,13,15,24-25H,9H2,(H,20,27)(H,30,31,32)(H2,21,22,26,29);/q;+1/p-1. The third kappa shape index (κ3) is 6.24. The van der Waals surface area contributed by atoms with Crippen LogP contribution in [-0.4, -0.2) is 63.8 Å². The molecule has 1 saturated heterocycles. The number of phenolic OH excluding ortho intramolecular Hbond substituents is 2. The minimum Gasteiger partial charge on any atom is -0.731 e. The number of nitrogens with zero attached hydrogens (tertiary/aromatic N) is 1. The molecule has 13 nitrogen and oxygen atoms in total. The minimum absolute atomic E-state index is 0. The van der Waals surface area contributed by atoms with Crippen LogP contribution >= 0.6 is 0 Å². The monoisotopic (exact) mass is 500 g/mol. The Morgan fingerprint density at radius 1 is 1.06 bits per heavy atom. The van der Waals surface area contributed by atoms with E-state index < -0.39 is 52.7 Å². The number of carbonyl (C=O) groups is 4. The molecule has 0 saturated carbocycles. The zero-order valence-electron chi connectivity index (χ0n) is 17.6. The smallest absolute Gasteiger partial charge is 0.731 e. The molecule has 1 aliphatic rings. The van der Waals surface area contributed by atoms with Crippen molar-refractivity contribution in [3.8, 4) is 11.5 Å². The van der Waals surface area contributed by atoms with Crippen molar-refractivity contribution in [2.75, 3.05) is 6.54 Å². The molecule has 34 heavy (non-hydrogen) atoms. The van der Waals surface area contributed by atoms with Crippen molar-refractivity contribution in [1.82, 2.24) is 20.3 Å². The predicted octanol–water partition coefficient (Wildman–Crippen LogP) is -3.93. The summed E-state index contributed by atoms with van der Waals surface area (Å²) in [6, 6.07) is 6.55. The molecule has 3 rings (SSSR count). The van der Waals surface area contributed by atoms with Gasteiger partial charge in [0.25, 0.3) is 11.8 Å². The number of benzene rings is 2. The largest absolute Gasteiger partial charge is 1.00 e. The molecule has 15 heteroatoms. The van der Waals surface area contributed by atoms with Crippen LogP contribution in [-0.2, 0) is 19.9 Å². The summed E-state index contributed by atoms with van der Waals surface area (Å²) in [6.07, 6.45) is 0. The number of para-hydroxylation sites is 1. The van der Waals surface area contributed by atoms with Gasteiger partial charge in [0, 0.05) is 0 Å². The van der Waals surface area contributed by atoms with Crippen molar-refractivity contribution in [3.05, 3.63) is 59.7 Å². The van der Waals surface area contributed by atoms with Gasteiger partial charge in [0.05, 0.1) is 12.1 Å². The van der Waals surface area contributed by atoms with Crippen LogP contribution in [0.3, 0.4) is 0 Å². The topological polar surface area (TPSA) is 205 Å². The van der Waals surface area contributed by atoms with Gasteiger partial charge in [-0.25, -0.2) is 17.5 Å². The first-order valence-corrected chi connectivity index (χ1v) is 10.6. The second kappa shape index (κ2) is 10.8. The van der Waals surface area contributed by atoms with Gasteiger partial charge in [-0.15, -0.1) is 0 Å². The van der Waals surface area contributed by atoms with Crippen LogP contribution in [0, 0.1) is 0 Å². The maximum Gasteiger partial charge on any atom is 1.00 e. The quantitative estimate of drug-likeness (QED) is 0.149. The molecular formula is C19H17N4NaO9S. The number of urea groups is 1. The normalized spacial score (nSPS) is 15.9. The number of rotatable bonds is 6. The summed E-state index contributed by atoms with van der Waals surface area (Å²) in [4.78, 5) is 49.1. The number of nitrogens with one attached hydrogen (secondary N) is 3. The van der Waals surface area contributed by atoms with Crippen molar-refractivity contribution in [3.63, 3.8) is 0 Å². The second-order valence-electron chi connectivity index (χ2n) is 6.86. The SMILES string of the molecule is O=C(NC(=O)c1ccccc1O)NC(C(=O)NC1CN(S(=O)(=O)[O-])C1=O)c1ccc(O)cc1.[Na+]. The minimum atomic E-state index is -5.01. The molecule has 174 valence electrons. The number of hydrogen-bond acceptors (Lipinski definition) is 9. The van der Waals surface area contributed by atoms with E-state index >= 15 is 0 Å². The van der Waals surface area contributed by atoms with Crippen LogP contribution in [0.1, 0.15) is 22.0 Å². The molecule has 0 bridgehead atoms. The zero-order valence-corrected chi connectivity index (χ0v) is 20.4. The van der Waals surface area contributed by atoms with E-state index in [-0.39, 0.29) is 56.5 Å². The number of imide groups is 1. The Labute approximate surface area is 215 Å². The van der Waals surface area contributed by atoms with Crippen LogP contribution in [0.4, 0.5) is 4.79 Å². The molecule has 0 radical (unpaired) electrons. The average molecular weight is 500 g/mol. The zero-order chi connectivity index (χ0) is 24.3. The van der Waals surface area contributed by atoms with E-state index in [1.807, 2.05) is 5.32 Å². The second-order valence-corrected chi connectivity index (χ2v) is 8.15. The molecule has 1 fully saturated rings. The molecule has 2 aromatic rings. The summed E-state index contributed by atoms with van der Waals surface area (Å²) >= 11 is 0. The fourth-order valence-corrected chi connectivity index (χ4v) is 3.61. The molecule has 2 aromatic carbocycles. The number of β-lactam (4-membered cyclic amide) rings is 1. The van der Waals surface area contributed by atoms with Crippen LogP contribution in [0.2, 0.25) is 0 Å². The Kier molecular flexibility index (Phi) is 8.63. The van der Waals surface area contributed by atoms with E-state index in [2.05, 4.69) is 10.6 Å². The third-order valence-corrected chi connectivity index (χ3v) is 5.49. The maximum atomic E-state index is 12.7. The number of aromatic hydroxyl groups is 2. The van der Waals surface area contributed by atoms with E-state index in [1.54, 1.807) is 0 Å². The van der Waals surface area contributed by atoms with Gasteiger partial charge in [0.15, 0.2) is 10.3 Å². The van der Waals surface area contributed by atoms with Crippen molar-refractivity contribution in [2.24, 2.45) is 0 Å². The molecule has 5 amide bonds. The first kappa shape index (κ1) is 27.1. The van der Waals surface area contributed by atoms with Crippen molar-refractivity contribution in [1.29, 1.82) is 0 Å². The molecule has 2 unspecified atom stereocenters. The van der Waals surface area contributed by atoms with Crippen LogP contribution in [0.5, 0.6) is 11.5 Å². The van der Waals surface area contributed by atoms with E-state index in [0.29, 0.717) is 0 Å². The summed E-state index contributed by atoms with van der Waals surface area (Å²) in [5.41, 5.74) is -0.0483. The Bertz CT molecular complexity index is 1220. The molecule has 0 aromatic heterocycles. The van der Waals surface area contributed by atoms with E-state index in [1.165, 1.54) is 48.5 Å². The van der Waals surface area contributed by atoms with Gasteiger partial charge in [0.1, 0.15) is 23.6 Å². The Hall–Kier alpha value is -3.17. The summed E-state index contributed by atoms with van der Waals surface area (Å²) in [6.45, 7) is -0.573. The van der Waals surface area contributed by atoms with Crippen molar-refractivity contribution < 1.29 is 71.9 Å². The van der Waals surface area contributed by atoms with Crippen molar-refractivity contribution in [2.45, 2.75) is 12.1 Å². The fraction of sp³-hybridized carbons (Fsp3) is 0.158. The molecule has 0 aliphatic carbocycles.